The van der Waals surface area contributed by atoms with Crippen molar-refractivity contribution in [1.82, 2.24) is 4.90 Å². The van der Waals surface area contributed by atoms with Crippen LogP contribution in [-0.2, 0) is 9.53 Å². The van der Waals surface area contributed by atoms with Gasteiger partial charge in [-0.25, -0.2) is 0 Å². The van der Waals surface area contributed by atoms with Crippen LogP contribution in [0.3, 0.4) is 0 Å². The lowest BCUT2D eigenvalue weighted by atomic mass is 9.89. The molecule has 1 atom stereocenters. The van der Waals surface area contributed by atoms with E-state index in [4.69, 9.17) is 4.74 Å². The van der Waals surface area contributed by atoms with Gasteiger partial charge in [-0.15, -0.1) is 0 Å². The van der Waals surface area contributed by atoms with Crippen LogP contribution in [-0.4, -0.2) is 57.2 Å². The van der Waals surface area contributed by atoms with Crippen molar-refractivity contribution in [3.63, 3.8) is 0 Å². The molecule has 358 valence electrons. The summed E-state index contributed by atoms with van der Waals surface area (Å²) < 4.78 is 5.92. The van der Waals surface area contributed by atoms with E-state index in [1.807, 2.05) is 0 Å². The van der Waals surface area contributed by atoms with Gasteiger partial charge in [0.2, 0.25) is 0 Å². The zero-order valence-corrected chi connectivity index (χ0v) is 41.7. The average Bonchev–Trinajstić information content (AvgIpc) is 3.24. The molecule has 1 rings (SSSR count). The highest BCUT2D eigenvalue weighted by molar-refractivity contribution is 5.75. The SMILES string of the molecule is CCCCCCCCC(CCCCCCCC)CCCCCCCN(CCCCCCCC(=O)OC(CCC)CCCCCCCC)c1c(NCCCCN(C)C)c(=O)c1=O. The van der Waals surface area contributed by atoms with E-state index in [-0.39, 0.29) is 22.9 Å². The number of unbranched alkanes of at least 4 members (excludes halogenated alkanes) is 24. The van der Waals surface area contributed by atoms with Crippen molar-refractivity contribution in [2.24, 2.45) is 5.92 Å². The molecule has 7 nitrogen and oxygen atoms in total. The molecular weight excluding hydrogens is 755 g/mol. The second kappa shape index (κ2) is 40.9. The summed E-state index contributed by atoms with van der Waals surface area (Å²) >= 11 is 0. The molecule has 0 aliphatic rings. The highest BCUT2D eigenvalue weighted by Crippen LogP contribution is 2.26. The van der Waals surface area contributed by atoms with E-state index < -0.39 is 0 Å². The Kier molecular flexibility index (Phi) is 38.3. The molecule has 0 fully saturated rings. The maximum atomic E-state index is 13.0. The first-order valence-electron chi connectivity index (χ1n) is 26.9. The predicted molar refractivity (Wildman–Crippen MR) is 268 cm³/mol. The highest BCUT2D eigenvalue weighted by Gasteiger charge is 2.25. The molecule has 0 bridgehead atoms. The van der Waals surface area contributed by atoms with Gasteiger partial charge in [-0.1, -0.05) is 207 Å². The van der Waals surface area contributed by atoms with E-state index >= 15 is 0 Å². The number of hydrogen-bond donors (Lipinski definition) is 1. The van der Waals surface area contributed by atoms with Crippen molar-refractivity contribution >= 4 is 17.3 Å². The molecule has 0 aromatic heterocycles. The standard InChI is InChI=1S/C54H103N3O4/c1-7-11-14-17-22-29-39-48(40-30-23-18-15-12-8-2)41-31-24-20-27-35-46-57(52-51(53(59)54(52)60)55-44-34-37-45-56(5)6)47-36-28-21-26-33-43-50(58)61-49(38-10-4)42-32-25-19-16-13-9-3/h48-49,55H,7-47H2,1-6H3. The van der Waals surface area contributed by atoms with Crippen LogP contribution in [0.15, 0.2) is 9.59 Å². The molecule has 0 aliphatic heterocycles. The van der Waals surface area contributed by atoms with Gasteiger partial charge in [0, 0.05) is 26.1 Å². The minimum absolute atomic E-state index is 0.0291. The second-order valence-corrected chi connectivity index (χ2v) is 19.3. The Balaban J connectivity index is 2.59. The third kappa shape index (κ3) is 30.8. The number of rotatable bonds is 47. The quantitative estimate of drug-likeness (QED) is 0.0397. The second-order valence-electron chi connectivity index (χ2n) is 19.3. The van der Waals surface area contributed by atoms with Crippen molar-refractivity contribution in [2.45, 2.75) is 271 Å². The molecule has 0 heterocycles. The molecule has 7 heteroatoms. The summed E-state index contributed by atoms with van der Waals surface area (Å²) in [6.07, 6.45) is 45.3. The van der Waals surface area contributed by atoms with Gasteiger partial charge in [0.1, 0.15) is 17.5 Å². The largest absolute Gasteiger partial charge is 0.462 e. The van der Waals surface area contributed by atoms with Crippen molar-refractivity contribution in [2.75, 3.05) is 50.5 Å². The van der Waals surface area contributed by atoms with Gasteiger partial charge >= 0.3 is 5.97 Å². The summed E-state index contributed by atoms with van der Waals surface area (Å²) in [6, 6.07) is 0. The van der Waals surface area contributed by atoms with Gasteiger partial charge in [0.15, 0.2) is 0 Å². The molecule has 0 radical (unpaired) electrons. The first-order valence-corrected chi connectivity index (χ1v) is 26.9. The fourth-order valence-corrected chi connectivity index (χ4v) is 9.16. The van der Waals surface area contributed by atoms with Crippen LogP contribution in [0, 0.1) is 5.92 Å². The van der Waals surface area contributed by atoms with Crippen LogP contribution in [0.4, 0.5) is 11.4 Å². The van der Waals surface area contributed by atoms with Gasteiger partial charge in [-0.2, -0.15) is 0 Å². The van der Waals surface area contributed by atoms with E-state index in [0.717, 1.165) is 109 Å². The molecule has 1 N–H and O–H groups in total. The van der Waals surface area contributed by atoms with E-state index in [1.165, 1.54) is 154 Å². The summed E-state index contributed by atoms with van der Waals surface area (Å²) in [6.45, 7) is 12.4. The summed E-state index contributed by atoms with van der Waals surface area (Å²) in [4.78, 5) is 42.9. The van der Waals surface area contributed by atoms with E-state index in [9.17, 15) is 14.4 Å². The van der Waals surface area contributed by atoms with E-state index in [1.54, 1.807) is 0 Å². The molecule has 61 heavy (non-hydrogen) atoms. The maximum Gasteiger partial charge on any atom is 0.306 e. The minimum atomic E-state index is -0.343. The molecule has 1 aromatic rings. The number of carbonyl (C=O) groups is 1. The Labute approximate surface area is 378 Å². The molecule has 0 saturated heterocycles. The Bertz CT molecular complexity index is 1180. The smallest absolute Gasteiger partial charge is 0.306 e. The van der Waals surface area contributed by atoms with Crippen molar-refractivity contribution in [1.29, 1.82) is 0 Å². The maximum absolute atomic E-state index is 13.0. The molecule has 1 unspecified atom stereocenters. The van der Waals surface area contributed by atoms with Crippen molar-refractivity contribution in [3.05, 3.63) is 20.4 Å². The summed E-state index contributed by atoms with van der Waals surface area (Å²) in [5.41, 5.74) is 0.529. The number of anilines is 2. The van der Waals surface area contributed by atoms with Crippen molar-refractivity contribution < 1.29 is 9.53 Å². The molecule has 0 spiro atoms. The van der Waals surface area contributed by atoms with Crippen LogP contribution >= 0.6 is 0 Å². The lowest BCUT2D eigenvalue weighted by molar-refractivity contribution is -0.150. The Morgan fingerprint density at radius 2 is 0.902 bits per heavy atom. The molecule has 0 saturated carbocycles. The average molecular weight is 858 g/mol. The lowest BCUT2D eigenvalue weighted by Crippen LogP contribution is -2.43. The summed E-state index contributed by atoms with van der Waals surface area (Å²) in [5.74, 6) is 0.876. The fourth-order valence-electron chi connectivity index (χ4n) is 9.16. The van der Waals surface area contributed by atoms with Gasteiger partial charge in [-0.3, -0.25) is 14.4 Å². The Hall–Kier alpha value is -1.89. The van der Waals surface area contributed by atoms with E-state index in [0.29, 0.717) is 17.8 Å². The first-order chi connectivity index (χ1) is 29.8. The topological polar surface area (TPSA) is 79.0 Å². The normalized spacial score (nSPS) is 12.3. The van der Waals surface area contributed by atoms with Gasteiger partial charge in [-0.05, 0) is 77.9 Å². The van der Waals surface area contributed by atoms with Gasteiger partial charge in [0.25, 0.3) is 10.9 Å². The van der Waals surface area contributed by atoms with E-state index in [2.05, 4.69) is 56.9 Å². The number of hydrogen-bond acceptors (Lipinski definition) is 7. The van der Waals surface area contributed by atoms with Crippen LogP contribution in [0.2, 0.25) is 0 Å². The number of nitrogens with zero attached hydrogens (tertiary/aromatic N) is 2. The zero-order valence-electron chi connectivity index (χ0n) is 41.7. The molecule has 0 aliphatic carbocycles. The third-order valence-corrected chi connectivity index (χ3v) is 13.1. The van der Waals surface area contributed by atoms with Gasteiger partial charge < -0.3 is 19.9 Å². The van der Waals surface area contributed by atoms with Crippen LogP contribution < -0.4 is 21.1 Å². The lowest BCUT2D eigenvalue weighted by Gasteiger charge is -2.28. The number of nitrogens with one attached hydrogen (secondary N) is 1. The Morgan fingerprint density at radius 1 is 0.475 bits per heavy atom. The molecule has 0 amide bonds. The summed E-state index contributed by atoms with van der Waals surface area (Å²) in [5, 5.41) is 3.36. The third-order valence-electron chi connectivity index (χ3n) is 13.1. The van der Waals surface area contributed by atoms with Crippen molar-refractivity contribution in [3.8, 4) is 0 Å². The molecular formula is C54H103N3O4. The number of carbonyl (C=O) groups excluding carboxylic acids is 1. The van der Waals surface area contributed by atoms with Crippen LogP contribution in [0.1, 0.15) is 265 Å². The zero-order chi connectivity index (χ0) is 44.6. The van der Waals surface area contributed by atoms with Crippen LogP contribution in [0.25, 0.3) is 0 Å². The molecule has 1 aromatic carbocycles. The van der Waals surface area contributed by atoms with Crippen LogP contribution in [0.5, 0.6) is 0 Å². The number of esters is 1. The van der Waals surface area contributed by atoms with Gasteiger partial charge in [0.05, 0.1) is 0 Å². The summed E-state index contributed by atoms with van der Waals surface area (Å²) in [7, 11) is 4.17. The monoisotopic (exact) mass is 858 g/mol. The predicted octanol–water partition coefficient (Wildman–Crippen LogP) is 15.1. The minimum Gasteiger partial charge on any atom is -0.462 e. The first kappa shape index (κ1) is 57.1. The Morgan fingerprint density at radius 3 is 1.38 bits per heavy atom. The fraction of sp³-hybridized carbons (Fsp3) is 0.907. The highest BCUT2D eigenvalue weighted by atomic mass is 16.5. The number of ether oxygens (including phenoxy) is 1.